The van der Waals surface area contributed by atoms with E-state index in [9.17, 15) is 5.26 Å². The van der Waals surface area contributed by atoms with E-state index in [0.717, 1.165) is 37.2 Å². The topological polar surface area (TPSA) is 54.5 Å². The minimum atomic E-state index is 0.583. The second-order valence-corrected chi connectivity index (χ2v) is 5.48. The highest BCUT2D eigenvalue weighted by Gasteiger charge is 2.17. The Morgan fingerprint density at radius 3 is 2.76 bits per heavy atom. The van der Waals surface area contributed by atoms with Gasteiger partial charge in [0, 0.05) is 13.0 Å². The van der Waals surface area contributed by atoms with Gasteiger partial charge in [-0.05, 0) is 31.4 Å². The molecule has 21 heavy (non-hydrogen) atoms. The summed E-state index contributed by atoms with van der Waals surface area (Å²) in [5, 5.41) is 18.0. The van der Waals surface area contributed by atoms with Gasteiger partial charge in [-0.1, -0.05) is 36.2 Å². The molecule has 0 unspecified atom stereocenters. The third-order valence-electron chi connectivity index (χ3n) is 3.86. The summed E-state index contributed by atoms with van der Waals surface area (Å²) in [4.78, 5) is 0. The van der Waals surface area contributed by atoms with Gasteiger partial charge in [0.25, 0.3) is 0 Å². The predicted molar refractivity (Wildman–Crippen MR) is 82.2 cm³/mol. The molecule has 0 bridgehead atoms. The Kier molecular flexibility index (Phi) is 3.83. The van der Waals surface area contributed by atoms with Crippen LogP contribution in [0.25, 0.3) is 11.6 Å². The molecule has 106 valence electrons. The molecule has 1 aromatic carbocycles. The third-order valence-corrected chi connectivity index (χ3v) is 3.86. The van der Waals surface area contributed by atoms with Gasteiger partial charge in [-0.15, -0.1) is 10.2 Å². The van der Waals surface area contributed by atoms with Crippen molar-refractivity contribution in [2.24, 2.45) is 0 Å². The van der Waals surface area contributed by atoms with Crippen molar-refractivity contribution in [1.82, 2.24) is 14.8 Å². The molecule has 0 spiro atoms. The molecule has 0 saturated heterocycles. The molecule has 2 heterocycles. The summed E-state index contributed by atoms with van der Waals surface area (Å²) < 4.78 is 2.11. The maximum Gasteiger partial charge on any atom is 0.174 e. The van der Waals surface area contributed by atoms with Crippen LogP contribution < -0.4 is 0 Å². The zero-order chi connectivity index (χ0) is 14.7. The summed E-state index contributed by atoms with van der Waals surface area (Å²) in [7, 11) is 0. The van der Waals surface area contributed by atoms with Crippen LogP contribution in [0.3, 0.4) is 0 Å². The molecule has 2 aromatic rings. The van der Waals surface area contributed by atoms with Crippen molar-refractivity contribution in [3.05, 3.63) is 47.0 Å². The summed E-state index contributed by atoms with van der Waals surface area (Å²) in [5.74, 6) is 1.71. The largest absolute Gasteiger partial charge is 0.310 e. The summed E-state index contributed by atoms with van der Waals surface area (Å²) in [5.41, 5.74) is 2.81. The van der Waals surface area contributed by atoms with Crippen LogP contribution in [0.5, 0.6) is 0 Å². The number of rotatable bonds is 2. The number of benzene rings is 1. The first-order valence-corrected chi connectivity index (χ1v) is 7.39. The second-order valence-electron chi connectivity index (χ2n) is 5.48. The molecule has 4 nitrogen and oxygen atoms in total. The van der Waals surface area contributed by atoms with Crippen molar-refractivity contribution in [3.8, 4) is 6.07 Å². The van der Waals surface area contributed by atoms with Crippen LogP contribution in [0.15, 0.2) is 24.3 Å². The number of hydrogen-bond donors (Lipinski definition) is 0. The molecule has 0 saturated carbocycles. The first-order valence-electron chi connectivity index (χ1n) is 7.39. The summed E-state index contributed by atoms with van der Waals surface area (Å²) in [6.45, 7) is 2.96. The Morgan fingerprint density at radius 1 is 1.19 bits per heavy atom. The molecule has 0 atom stereocenters. The van der Waals surface area contributed by atoms with Crippen molar-refractivity contribution >= 4 is 11.6 Å². The van der Waals surface area contributed by atoms with Crippen LogP contribution in [-0.2, 0) is 13.0 Å². The number of allylic oxidation sites excluding steroid dienone is 1. The van der Waals surface area contributed by atoms with Gasteiger partial charge in [0.05, 0.1) is 5.57 Å². The number of aryl methyl sites for hydroxylation is 2. The Morgan fingerprint density at radius 2 is 2.00 bits per heavy atom. The van der Waals surface area contributed by atoms with E-state index in [1.54, 1.807) is 0 Å². The van der Waals surface area contributed by atoms with E-state index in [0.29, 0.717) is 11.4 Å². The average Bonchev–Trinajstić information content (AvgIpc) is 2.75. The van der Waals surface area contributed by atoms with Crippen LogP contribution in [0.4, 0.5) is 0 Å². The number of aromatic nitrogens is 3. The van der Waals surface area contributed by atoms with Crippen molar-refractivity contribution in [2.45, 2.75) is 39.2 Å². The van der Waals surface area contributed by atoms with E-state index in [2.05, 4.69) is 27.8 Å². The van der Waals surface area contributed by atoms with Gasteiger partial charge in [0.1, 0.15) is 11.9 Å². The Bertz CT molecular complexity index is 701. The van der Waals surface area contributed by atoms with Crippen LogP contribution >= 0.6 is 0 Å². The van der Waals surface area contributed by atoms with E-state index in [1.807, 2.05) is 30.3 Å². The molecule has 0 amide bonds. The van der Waals surface area contributed by atoms with Gasteiger partial charge in [-0.25, -0.2) is 0 Å². The molecule has 4 heteroatoms. The summed E-state index contributed by atoms with van der Waals surface area (Å²) in [6.07, 6.45) is 6.34. The van der Waals surface area contributed by atoms with Crippen molar-refractivity contribution in [1.29, 1.82) is 5.26 Å². The highest BCUT2D eigenvalue weighted by atomic mass is 15.3. The zero-order valence-corrected chi connectivity index (χ0v) is 12.2. The molecule has 0 aliphatic carbocycles. The Labute approximate surface area is 124 Å². The van der Waals surface area contributed by atoms with Crippen LogP contribution in [0, 0.1) is 18.3 Å². The number of nitrogens with zero attached hydrogens (tertiary/aromatic N) is 4. The molecule has 0 fully saturated rings. The van der Waals surface area contributed by atoms with Gasteiger partial charge in [-0.2, -0.15) is 5.26 Å². The molecular formula is C17H18N4. The van der Waals surface area contributed by atoms with E-state index in [-0.39, 0.29) is 0 Å². The Hall–Kier alpha value is -2.41. The lowest BCUT2D eigenvalue weighted by Crippen LogP contribution is -2.05. The minimum Gasteiger partial charge on any atom is -0.310 e. The van der Waals surface area contributed by atoms with Crippen molar-refractivity contribution in [3.63, 3.8) is 0 Å². The maximum absolute atomic E-state index is 9.49. The van der Waals surface area contributed by atoms with Gasteiger partial charge in [0.2, 0.25) is 0 Å². The summed E-state index contributed by atoms with van der Waals surface area (Å²) >= 11 is 0. The SMILES string of the molecule is Cc1ccc(C=C(C#N)c2nnc3n2CCCCC3)cc1. The fourth-order valence-corrected chi connectivity index (χ4v) is 2.66. The van der Waals surface area contributed by atoms with E-state index >= 15 is 0 Å². The third kappa shape index (κ3) is 2.87. The highest BCUT2D eigenvalue weighted by molar-refractivity contribution is 5.87. The number of hydrogen-bond acceptors (Lipinski definition) is 3. The monoisotopic (exact) mass is 278 g/mol. The fourth-order valence-electron chi connectivity index (χ4n) is 2.66. The standard InChI is InChI=1S/C17H18N4/c1-13-6-8-14(9-7-13)11-15(12-18)17-20-19-16-5-3-2-4-10-21(16)17/h6-9,11H,2-5,10H2,1H3. The van der Waals surface area contributed by atoms with Crippen LogP contribution in [0.2, 0.25) is 0 Å². The highest BCUT2D eigenvalue weighted by Crippen LogP contribution is 2.21. The zero-order valence-electron chi connectivity index (χ0n) is 12.2. The normalized spacial score (nSPS) is 15.1. The van der Waals surface area contributed by atoms with Crippen molar-refractivity contribution in [2.75, 3.05) is 0 Å². The molecule has 1 aromatic heterocycles. The van der Waals surface area contributed by atoms with E-state index in [4.69, 9.17) is 0 Å². The second kappa shape index (κ2) is 5.92. The lowest BCUT2D eigenvalue weighted by Gasteiger charge is -2.05. The van der Waals surface area contributed by atoms with Crippen LogP contribution in [-0.4, -0.2) is 14.8 Å². The first kappa shape index (κ1) is 13.6. The lowest BCUT2D eigenvalue weighted by atomic mass is 10.1. The van der Waals surface area contributed by atoms with Gasteiger partial charge >= 0.3 is 0 Å². The van der Waals surface area contributed by atoms with E-state index < -0.39 is 0 Å². The van der Waals surface area contributed by atoms with E-state index in [1.165, 1.54) is 12.0 Å². The first-order chi connectivity index (χ1) is 10.3. The summed E-state index contributed by atoms with van der Waals surface area (Å²) in [6, 6.07) is 10.4. The lowest BCUT2D eigenvalue weighted by molar-refractivity contribution is 0.627. The van der Waals surface area contributed by atoms with Gasteiger partial charge in [-0.3, -0.25) is 0 Å². The predicted octanol–water partition coefficient (Wildman–Crippen LogP) is 3.38. The quantitative estimate of drug-likeness (QED) is 0.791. The molecule has 1 aliphatic rings. The Balaban J connectivity index is 1.99. The smallest absolute Gasteiger partial charge is 0.174 e. The maximum atomic E-state index is 9.49. The van der Waals surface area contributed by atoms with Crippen LogP contribution in [0.1, 0.15) is 42.0 Å². The average molecular weight is 278 g/mol. The molecule has 1 aliphatic heterocycles. The van der Waals surface area contributed by atoms with Gasteiger partial charge < -0.3 is 4.57 Å². The molecular weight excluding hydrogens is 260 g/mol. The minimum absolute atomic E-state index is 0.583. The van der Waals surface area contributed by atoms with Crippen molar-refractivity contribution < 1.29 is 0 Å². The molecule has 0 radical (unpaired) electrons. The number of nitriles is 1. The number of fused-ring (bicyclic) bond motifs is 1. The van der Waals surface area contributed by atoms with Gasteiger partial charge in [0.15, 0.2) is 5.82 Å². The molecule has 3 rings (SSSR count). The fraction of sp³-hybridized carbons (Fsp3) is 0.353. The molecule has 0 N–H and O–H groups in total.